The van der Waals surface area contributed by atoms with E-state index in [1.165, 1.54) is 5.56 Å². The predicted octanol–water partition coefficient (Wildman–Crippen LogP) is 4.34. The van der Waals surface area contributed by atoms with E-state index in [1.54, 1.807) is 0 Å². The molecule has 1 amide bonds. The molecule has 2 fully saturated rings. The van der Waals surface area contributed by atoms with Gasteiger partial charge in [0.25, 0.3) is 5.91 Å². The number of carbonyl (C=O) groups is 1. The maximum absolute atomic E-state index is 13.3. The third kappa shape index (κ3) is 3.51. The molecule has 0 aliphatic carbocycles. The summed E-state index contributed by atoms with van der Waals surface area (Å²) in [5.74, 6) is 4.40. The minimum absolute atomic E-state index is 0.0843. The van der Waals surface area contributed by atoms with E-state index in [-0.39, 0.29) is 5.91 Å². The zero-order valence-corrected chi connectivity index (χ0v) is 18.7. The first-order valence-electron chi connectivity index (χ1n) is 11.1. The Bertz CT molecular complexity index is 1220. The van der Waals surface area contributed by atoms with Crippen LogP contribution in [0.15, 0.2) is 36.4 Å². The number of ether oxygens (including phenoxy) is 1. The lowest BCUT2D eigenvalue weighted by Gasteiger charge is -2.40. The van der Waals surface area contributed by atoms with Crippen LogP contribution in [0.1, 0.15) is 56.0 Å². The molecule has 0 atom stereocenters. The highest BCUT2D eigenvalue weighted by Gasteiger charge is 2.33. The molecule has 0 bridgehead atoms. The number of hydrogen-bond donors (Lipinski definition) is 1. The number of benzene rings is 2. The SMILES string of the molecule is C#Cc1ccc(C2CN(C(=O)c3cc(-c4nc(C5COC5)[nH]c4C)c(C)cc3C)C2)cc1. The fraction of sp³-hybridized carbons (Fsp3) is 0.333. The Balaban J connectivity index is 1.37. The molecule has 5 heteroatoms. The van der Waals surface area contributed by atoms with Crippen molar-refractivity contribution < 1.29 is 9.53 Å². The van der Waals surface area contributed by atoms with E-state index >= 15 is 0 Å². The number of imidazole rings is 1. The monoisotopic (exact) mass is 425 g/mol. The maximum atomic E-state index is 13.3. The van der Waals surface area contributed by atoms with Gasteiger partial charge in [0.15, 0.2) is 0 Å². The number of nitrogens with one attached hydrogen (secondary N) is 1. The average molecular weight is 426 g/mol. The summed E-state index contributed by atoms with van der Waals surface area (Å²) in [6, 6.07) is 12.2. The molecule has 0 saturated carbocycles. The molecule has 3 heterocycles. The van der Waals surface area contributed by atoms with Crippen LogP contribution in [-0.2, 0) is 4.74 Å². The Morgan fingerprint density at radius 2 is 1.81 bits per heavy atom. The zero-order chi connectivity index (χ0) is 22.4. The van der Waals surface area contributed by atoms with Crippen LogP contribution in [-0.4, -0.2) is 47.1 Å². The average Bonchev–Trinajstić information content (AvgIpc) is 3.06. The third-order valence-corrected chi connectivity index (χ3v) is 6.70. The first-order valence-corrected chi connectivity index (χ1v) is 11.1. The third-order valence-electron chi connectivity index (χ3n) is 6.70. The van der Waals surface area contributed by atoms with Crippen molar-refractivity contribution in [1.82, 2.24) is 14.9 Å². The number of carbonyl (C=O) groups excluding carboxylic acids is 1. The number of aryl methyl sites for hydroxylation is 3. The van der Waals surface area contributed by atoms with Gasteiger partial charge in [-0.25, -0.2) is 4.98 Å². The van der Waals surface area contributed by atoms with Crippen LogP contribution in [0.3, 0.4) is 0 Å². The van der Waals surface area contributed by atoms with Crippen molar-refractivity contribution >= 4 is 5.91 Å². The molecule has 2 aromatic carbocycles. The molecule has 5 rings (SSSR count). The van der Waals surface area contributed by atoms with Crippen LogP contribution in [0.25, 0.3) is 11.3 Å². The van der Waals surface area contributed by atoms with Gasteiger partial charge in [-0.15, -0.1) is 6.42 Å². The van der Waals surface area contributed by atoms with Gasteiger partial charge in [-0.1, -0.05) is 24.1 Å². The van der Waals surface area contributed by atoms with E-state index in [4.69, 9.17) is 16.1 Å². The van der Waals surface area contributed by atoms with Gasteiger partial charge in [0.2, 0.25) is 0 Å². The summed E-state index contributed by atoms with van der Waals surface area (Å²) in [6.07, 6.45) is 5.45. The molecule has 0 radical (unpaired) electrons. The number of amides is 1. The fourth-order valence-electron chi connectivity index (χ4n) is 4.55. The van der Waals surface area contributed by atoms with Crippen LogP contribution in [0.5, 0.6) is 0 Å². The maximum Gasteiger partial charge on any atom is 0.254 e. The first kappa shape index (κ1) is 20.5. The van der Waals surface area contributed by atoms with Crippen LogP contribution >= 0.6 is 0 Å². The van der Waals surface area contributed by atoms with Crippen molar-refractivity contribution in [3.05, 3.63) is 75.7 Å². The molecule has 2 saturated heterocycles. The van der Waals surface area contributed by atoms with Crippen LogP contribution in [0, 0.1) is 33.1 Å². The van der Waals surface area contributed by atoms with Gasteiger partial charge in [-0.3, -0.25) is 4.79 Å². The molecule has 0 unspecified atom stereocenters. The van der Waals surface area contributed by atoms with Crippen molar-refractivity contribution in [1.29, 1.82) is 0 Å². The normalized spacial score (nSPS) is 16.4. The summed E-state index contributed by atoms with van der Waals surface area (Å²) in [7, 11) is 0. The Morgan fingerprint density at radius 1 is 1.09 bits per heavy atom. The van der Waals surface area contributed by atoms with Gasteiger partial charge in [-0.05, 0) is 55.7 Å². The topological polar surface area (TPSA) is 58.2 Å². The van der Waals surface area contributed by atoms with Gasteiger partial charge in [0, 0.05) is 41.4 Å². The van der Waals surface area contributed by atoms with E-state index in [0.29, 0.717) is 25.0 Å². The molecular weight excluding hydrogens is 398 g/mol. The van der Waals surface area contributed by atoms with Gasteiger partial charge < -0.3 is 14.6 Å². The molecule has 2 aliphatic rings. The highest BCUT2D eigenvalue weighted by Crippen LogP contribution is 2.33. The minimum atomic E-state index is 0.0843. The van der Waals surface area contributed by atoms with Gasteiger partial charge in [-0.2, -0.15) is 0 Å². The zero-order valence-electron chi connectivity index (χ0n) is 18.7. The largest absolute Gasteiger partial charge is 0.380 e. The highest BCUT2D eigenvalue weighted by molar-refractivity contribution is 5.97. The number of likely N-dealkylation sites (tertiary alicyclic amines) is 1. The van der Waals surface area contributed by atoms with Gasteiger partial charge in [0.1, 0.15) is 5.82 Å². The van der Waals surface area contributed by atoms with E-state index in [2.05, 4.69) is 36.0 Å². The van der Waals surface area contributed by atoms with Crippen molar-refractivity contribution in [2.24, 2.45) is 0 Å². The molecular formula is C27H27N3O2. The predicted molar refractivity (Wildman–Crippen MR) is 125 cm³/mol. The van der Waals surface area contributed by atoms with Crippen molar-refractivity contribution in [3.8, 4) is 23.6 Å². The quantitative estimate of drug-likeness (QED) is 0.633. The summed E-state index contributed by atoms with van der Waals surface area (Å²) in [6.45, 7) is 9.01. The summed E-state index contributed by atoms with van der Waals surface area (Å²) in [5.41, 5.74) is 7.95. The summed E-state index contributed by atoms with van der Waals surface area (Å²) in [4.78, 5) is 23.5. The van der Waals surface area contributed by atoms with Crippen molar-refractivity contribution in [2.45, 2.75) is 32.6 Å². The number of aromatic nitrogens is 2. The van der Waals surface area contributed by atoms with Crippen LogP contribution < -0.4 is 0 Å². The number of nitrogens with zero attached hydrogens (tertiary/aromatic N) is 2. The Labute approximate surface area is 188 Å². The van der Waals surface area contributed by atoms with E-state index in [1.807, 2.05) is 36.9 Å². The molecule has 32 heavy (non-hydrogen) atoms. The second-order valence-corrected chi connectivity index (χ2v) is 8.99. The van der Waals surface area contributed by atoms with Crippen molar-refractivity contribution in [2.75, 3.05) is 26.3 Å². The molecule has 162 valence electrons. The lowest BCUT2D eigenvalue weighted by molar-refractivity contribution is 0.00518. The number of aromatic amines is 1. The van der Waals surface area contributed by atoms with Crippen LogP contribution in [0.2, 0.25) is 0 Å². The van der Waals surface area contributed by atoms with E-state index in [9.17, 15) is 4.79 Å². The Morgan fingerprint density at radius 3 is 2.44 bits per heavy atom. The van der Waals surface area contributed by atoms with E-state index < -0.39 is 0 Å². The van der Waals surface area contributed by atoms with E-state index in [0.717, 1.165) is 58.1 Å². The molecule has 5 nitrogen and oxygen atoms in total. The number of H-pyrrole nitrogens is 1. The lowest BCUT2D eigenvalue weighted by atomic mass is 9.89. The molecule has 0 spiro atoms. The summed E-state index contributed by atoms with van der Waals surface area (Å²) < 4.78 is 5.31. The number of rotatable bonds is 4. The molecule has 1 N–H and O–H groups in total. The molecule has 2 aliphatic heterocycles. The fourth-order valence-corrected chi connectivity index (χ4v) is 4.55. The Kier molecular flexibility index (Phi) is 5.11. The second-order valence-electron chi connectivity index (χ2n) is 8.99. The first-order chi connectivity index (χ1) is 15.4. The van der Waals surface area contributed by atoms with Gasteiger partial charge >= 0.3 is 0 Å². The standard InChI is InChI=1S/C27H27N3O2/c1-5-19-6-8-20(9-7-19)21-12-30(13-21)27(31)24-11-23(16(2)10-17(24)3)25-18(4)28-26(29-25)22-14-32-15-22/h1,6-11,21-22H,12-15H2,2-4H3,(H,28,29). The molecule has 1 aromatic heterocycles. The smallest absolute Gasteiger partial charge is 0.254 e. The summed E-state index contributed by atoms with van der Waals surface area (Å²) >= 11 is 0. The Hall–Kier alpha value is -3.36. The minimum Gasteiger partial charge on any atom is -0.380 e. The summed E-state index contributed by atoms with van der Waals surface area (Å²) in [5, 5.41) is 0. The number of hydrogen-bond acceptors (Lipinski definition) is 3. The number of terminal acetylenes is 1. The second kappa shape index (κ2) is 7.96. The van der Waals surface area contributed by atoms with Crippen molar-refractivity contribution in [3.63, 3.8) is 0 Å². The lowest BCUT2D eigenvalue weighted by Crippen LogP contribution is -2.48. The molecule has 3 aromatic rings. The highest BCUT2D eigenvalue weighted by atomic mass is 16.5. The van der Waals surface area contributed by atoms with Crippen LogP contribution in [0.4, 0.5) is 0 Å². The van der Waals surface area contributed by atoms with Gasteiger partial charge in [0.05, 0.1) is 24.8 Å².